The van der Waals surface area contributed by atoms with Crippen LogP contribution in [0, 0.1) is 11.3 Å². The lowest BCUT2D eigenvalue weighted by Crippen LogP contribution is -2.38. The summed E-state index contributed by atoms with van der Waals surface area (Å²) >= 11 is 0. The zero-order valence-corrected chi connectivity index (χ0v) is 16.6. The number of alkyl halides is 3. The van der Waals surface area contributed by atoms with Gasteiger partial charge in [0.1, 0.15) is 5.75 Å². The van der Waals surface area contributed by atoms with E-state index < -0.39 is 35.3 Å². The number of rotatable bonds is 8. The number of amides is 1. The highest BCUT2D eigenvalue weighted by Crippen LogP contribution is 2.19. The van der Waals surface area contributed by atoms with E-state index in [9.17, 15) is 26.4 Å². The number of halogens is 3. The van der Waals surface area contributed by atoms with Crippen molar-refractivity contribution in [1.29, 1.82) is 5.26 Å². The van der Waals surface area contributed by atoms with Crippen molar-refractivity contribution in [2.75, 3.05) is 20.2 Å². The molecule has 0 aromatic heterocycles. The third-order valence-electron chi connectivity index (χ3n) is 3.87. The van der Waals surface area contributed by atoms with E-state index in [1.165, 1.54) is 55.6 Å². The van der Waals surface area contributed by atoms with E-state index in [2.05, 4.69) is 10.1 Å². The van der Waals surface area contributed by atoms with Gasteiger partial charge in [0, 0.05) is 13.6 Å². The lowest BCUT2D eigenvalue weighted by atomic mass is 10.2. The molecule has 1 N–H and O–H groups in total. The summed E-state index contributed by atoms with van der Waals surface area (Å²) in [6.07, 6.45) is -4.43. The molecule has 2 rings (SSSR count). The Morgan fingerprint density at radius 3 is 2.27 bits per heavy atom. The Morgan fingerprint density at radius 2 is 1.73 bits per heavy atom. The fourth-order valence-corrected chi connectivity index (χ4v) is 3.42. The second-order valence-corrected chi connectivity index (χ2v) is 8.27. The maximum atomic E-state index is 12.5. The van der Waals surface area contributed by atoms with E-state index in [-0.39, 0.29) is 17.2 Å². The number of carbonyl (C=O) groups is 1. The van der Waals surface area contributed by atoms with Crippen molar-refractivity contribution in [3.05, 3.63) is 59.7 Å². The molecule has 7 nitrogen and oxygen atoms in total. The van der Waals surface area contributed by atoms with E-state index >= 15 is 0 Å². The van der Waals surface area contributed by atoms with Crippen molar-refractivity contribution in [3.63, 3.8) is 0 Å². The lowest BCUT2D eigenvalue weighted by molar-refractivity contribution is -0.153. The summed E-state index contributed by atoms with van der Waals surface area (Å²) in [5, 5.41) is 11.3. The number of ether oxygens (including phenoxy) is 1. The average molecular weight is 441 g/mol. The second-order valence-electron chi connectivity index (χ2n) is 6.22. The molecule has 0 aliphatic rings. The highest BCUT2D eigenvalue weighted by atomic mass is 32.2. The normalized spacial score (nSPS) is 11.7. The van der Waals surface area contributed by atoms with Crippen LogP contribution in [-0.2, 0) is 21.4 Å². The molecule has 160 valence electrons. The Kier molecular flexibility index (Phi) is 7.42. The first-order valence-electron chi connectivity index (χ1n) is 8.53. The van der Waals surface area contributed by atoms with Crippen molar-refractivity contribution in [3.8, 4) is 11.8 Å². The van der Waals surface area contributed by atoms with Crippen LogP contribution in [0.25, 0.3) is 0 Å². The minimum atomic E-state index is -4.43. The van der Waals surface area contributed by atoms with Gasteiger partial charge in [-0.3, -0.25) is 4.79 Å². The van der Waals surface area contributed by atoms with Crippen LogP contribution in [0.3, 0.4) is 0 Å². The topological polar surface area (TPSA) is 99.5 Å². The molecule has 2 aromatic carbocycles. The number of likely N-dealkylation sites (N-methyl/N-ethyl adjacent to an activating group) is 1. The van der Waals surface area contributed by atoms with Gasteiger partial charge >= 0.3 is 6.18 Å². The Hall–Kier alpha value is -3.10. The second kappa shape index (κ2) is 9.60. The third kappa shape index (κ3) is 6.75. The average Bonchev–Trinajstić information content (AvgIpc) is 2.71. The highest BCUT2D eigenvalue weighted by molar-refractivity contribution is 7.89. The number of carbonyl (C=O) groups excluding carboxylic acids is 1. The number of nitriles is 1. The summed E-state index contributed by atoms with van der Waals surface area (Å²) in [6.45, 7) is -1.78. The van der Waals surface area contributed by atoms with E-state index in [4.69, 9.17) is 5.26 Å². The molecule has 11 heteroatoms. The first-order chi connectivity index (χ1) is 14.0. The standard InChI is InChI=1S/C19H18F3N3O4S/c1-25(30(27,28)17-8-4-14(10-23)5-9-17)12-18(26)24-11-15-2-6-16(7-3-15)29-13-19(20,21)22/h2-9H,11-13H2,1H3,(H,24,26). The molecular formula is C19H18F3N3O4S. The molecule has 0 saturated heterocycles. The zero-order valence-electron chi connectivity index (χ0n) is 15.8. The molecule has 0 bridgehead atoms. The van der Waals surface area contributed by atoms with Crippen LogP contribution < -0.4 is 10.1 Å². The predicted molar refractivity (Wildman–Crippen MR) is 101 cm³/mol. The van der Waals surface area contributed by atoms with Crippen LogP contribution in [0.2, 0.25) is 0 Å². The number of benzene rings is 2. The van der Waals surface area contributed by atoms with Gasteiger partial charge in [0.25, 0.3) is 0 Å². The largest absolute Gasteiger partial charge is 0.484 e. The molecule has 0 aliphatic carbocycles. The van der Waals surface area contributed by atoms with E-state index in [0.717, 1.165) is 4.31 Å². The molecule has 0 saturated carbocycles. The first-order valence-corrected chi connectivity index (χ1v) is 9.97. The monoisotopic (exact) mass is 441 g/mol. The van der Waals surface area contributed by atoms with E-state index in [1.807, 2.05) is 6.07 Å². The molecule has 1 amide bonds. The van der Waals surface area contributed by atoms with Crippen LogP contribution in [0.5, 0.6) is 5.75 Å². The maximum absolute atomic E-state index is 12.5. The molecule has 0 radical (unpaired) electrons. The minimum Gasteiger partial charge on any atom is -0.484 e. The number of sulfonamides is 1. The third-order valence-corrected chi connectivity index (χ3v) is 5.69. The maximum Gasteiger partial charge on any atom is 0.422 e. The van der Waals surface area contributed by atoms with Crippen molar-refractivity contribution < 1.29 is 31.1 Å². The Morgan fingerprint density at radius 1 is 1.13 bits per heavy atom. The van der Waals surface area contributed by atoms with Crippen molar-refractivity contribution in [1.82, 2.24) is 9.62 Å². The fourth-order valence-electron chi connectivity index (χ4n) is 2.29. The highest BCUT2D eigenvalue weighted by Gasteiger charge is 2.28. The van der Waals surface area contributed by atoms with E-state index in [0.29, 0.717) is 11.1 Å². The summed E-state index contributed by atoms with van der Waals surface area (Å²) in [6, 6.07) is 12.8. The van der Waals surface area contributed by atoms with Crippen LogP contribution in [0.1, 0.15) is 11.1 Å². The van der Waals surface area contributed by atoms with Gasteiger partial charge in [-0.15, -0.1) is 0 Å². The van der Waals surface area contributed by atoms with Crippen molar-refractivity contribution in [2.24, 2.45) is 0 Å². The van der Waals surface area contributed by atoms with E-state index in [1.54, 1.807) is 0 Å². The Labute approximate surface area is 171 Å². The summed E-state index contributed by atoms with van der Waals surface area (Å²) in [5.74, 6) is -0.525. The SMILES string of the molecule is CN(CC(=O)NCc1ccc(OCC(F)(F)F)cc1)S(=O)(=O)c1ccc(C#N)cc1. The van der Waals surface area contributed by atoms with Crippen molar-refractivity contribution in [2.45, 2.75) is 17.6 Å². The van der Waals surface area contributed by atoms with Crippen LogP contribution in [0.4, 0.5) is 13.2 Å². The van der Waals surface area contributed by atoms with Gasteiger partial charge in [0.2, 0.25) is 15.9 Å². The quantitative estimate of drug-likeness (QED) is 0.678. The van der Waals surface area contributed by atoms with Gasteiger partial charge < -0.3 is 10.1 Å². The molecule has 0 unspecified atom stereocenters. The van der Waals surface area contributed by atoms with Crippen LogP contribution in [-0.4, -0.2) is 45.0 Å². The number of nitrogens with one attached hydrogen (secondary N) is 1. The number of nitrogens with zero attached hydrogens (tertiary/aromatic N) is 2. The summed E-state index contributed by atoms with van der Waals surface area (Å²) in [7, 11) is -2.66. The molecule has 0 fully saturated rings. The predicted octanol–water partition coefficient (Wildman–Crippen LogP) is 2.44. The van der Waals surface area contributed by atoms with Gasteiger partial charge in [-0.1, -0.05) is 12.1 Å². The van der Waals surface area contributed by atoms with Crippen LogP contribution >= 0.6 is 0 Å². The Balaban J connectivity index is 1.88. The zero-order chi connectivity index (χ0) is 22.4. The summed E-state index contributed by atoms with van der Waals surface area (Å²) < 4.78 is 66.8. The van der Waals surface area contributed by atoms with Crippen molar-refractivity contribution >= 4 is 15.9 Å². The minimum absolute atomic E-state index is 0.0376. The molecule has 2 aromatic rings. The smallest absolute Gasteiger partial charge is 0.422 e. The number of hydrogen-bond acceptors (Lipinski definition) is 5. The first kappa shape index (κ1) is 23.2. The van der Waals surface area contributed by atoms with Crippen LogP contribution in [0.15, 0.2) is 53.4 Å². The van der Waals surface area contributed by atoms with Gasteiger partial charge in [-0.25, -0.2) is 8.42 Å². The van der Waals surface area contributed by atoms with Gasteiger partial charge in [0.15, 0.2) is 6.61 Å². The lowest BCUT2D eigenvalue weighted by Gasteiger charge is -2.17. The molecule has 0 atom stereocenters. The number of hydrogen-bond donors (Lipinski definition) is 1. The molecule has 30 heavy (non-hydrogen) atoms. The van der Waals surface area contributed by atoms with Gasteiger partial charge in [-0.05, 0) is 42.0 Å². The molecular weight excluding hydrogens is 423 g/mol. The van der Waals surface area contributed by atoms with Gasteiger partial charge in [0.05, 0.1) is 23.1 Å². The molecule has 0 heterocycles. The fraction of sp³-hybridized carbons (Fsp3) is 0.263. The molecule has 0 spiro atoms. The molecule has 0 aliphatic heterocycles. The Bertz CT molecular complexity index is 1010. The summed E-state index contributed by atoms with van der Waals surface area (Å²) in [4.78, 5) is 12.0. The summed E-state index contributed by atoms with van der Waals surface area (Å²) in [5.41, 5.74) is 0.907. The van der Waals surface area contributed by atoms with Gasteiger partial charge in [-0.2, -0.15) is 22.7 Å².